The molecule has 0 aliphatic carbocycles. The Morgan fingerprint density at radius 1 is 1.37 bits per heavy atom. The number of hydrogen-bond donors (Lipinski definition) is 2. The van der Waals surface area contributed by atoms with Gasteiger partial charge in [0, 0.05) is 24.5 Å². The summed E-state index contributed by atoms with van der Waals surface area (Å²) < 4.78 is 1.19. The van der Waals surface area contributed by atoms with E-state index in [1.54, 1.807) is 11.3 Å². The first-order valence-corrected chi connectivity index (χ1v) is 7.99. The SMILES string of the molecule is CCNC(=NCC(C)C)NCCc1ccc(Br)s1.I. The quantitative estimate of drug-likeness (QED) is 0.384. The van der Waals surface area contributed by atoms with Crippen molar-refractivity contribution in [1.82, 2.24) is 10.6 Å². The molecule has 0 aliphatic heterocycles. The first-order valence-electron chi connectivity index (χ1n) is 6.38. The Bertz CT molecular complexity index is 380. The van der Waals surface area contributed by atoms with Gasteiger partial charge in [-0.1, -0.05) is 13.8 Å². The maximum absolute atomic E-state index is 4.54. The minimum Gasteiger partial charge on any atom is -0.357 e. The number of hydrogen-bond acceptors (Lipinski definition) is 2. The highest BCUT2D eigenvalue weighted by Gasteiger charge is 2.00. The van der Waals surface area contributed by atoms with E-state index in [-0.39, 0.29) is 24.0 Å². The molecule has 0 spiro atoms. The van der Waals surface area contributed by atoms with Gasteiger partial charge < -0.3 is 10.6 Å². The Balaban J connectivity index is 0.00000324. The molecule has 2 N–H and O–H groups in total. The summed E-state index contributed by atoms with van der Waals surface area (Å²) in [5.74, 6) is 1.51. The highest BCUT2D eigenvalue weighted by molar-refractivity contribution is 14.0. The third-order valence-corrected chi connectivity index (χ3v) is 3.93. The molecule has 0 unspecified atom stereocenters. The molecule has 6 heteroatoms. The predicted octanol–water partition coefficient (Wildman–Crippen LogP) is 3.88. The molecule has 0 atom stereocenters. The van der Waals surface area contributed by atoms with Crippen LogP contribution in [0.1, 0.15) is 25.6 Å². The van der Waals surface area contributed by atoms with Crippen LogP contribution >= 0.6 is 51.2 Å². The Morgan fingerprint density at radius 3 is 2.63 bits per heavy atom. The second-order valence-electron chi connectivity index (χ2n) is 4.50. The summed E-state index contributed by atoms with van der Waals surface area (Å²) in [6, 6.07) is 4.26. The Morgan fingerprint density at radius 2 is 2.11 bits per heavy atom. The summed E-state index contributed by atoms with van der Waals surface area (Å²) in [4.78, 5) is 5.92. The van der Waals surface area contributed by atoms with Gasteiger partial charge in [-0.05, 0) is 47.3 Å². The average Bonchev–Trinajstić information content (AvgIpc) is 2.72. The zero-order valence-corrected chi connectivity index (χ0v) is 16.4. The van der Waals surface area contributed by atoms with Gasteiger partial charge in [-0.25, -0.2) is 0 Å². The van der Waals surface area contributed by atoms with E-state index in [1.165, 1.54) is 8.66 Å². The molecule has 1 heterocycles. The fourth-order valence-corrected chi connectivity index (χ4v) is 2.89. The Kier molecular flexibility index (Phi) is 11.0. The molecular formula is C13H23BrIN3S. The lowest BCUT2D eigenvalue weighted by atomic mass is 10.2. The molecule has 1 rings (SSSR count). The van der Waals surface area contributed by atoms with Crippen LogP contribution in [-0.4, -0.2) is 25.6 Å². The lowest BCUT2D eigenvalue weighted by Gasteiger charge is -2.11. The molecule has 0 saturated heterocycles. The van der Waals surface area contributed by atoms with Crippen LogP contribution in [0.25, 0.3) is 0 Å². The van der Waals surface area contributed by atoms with E-state index in [4.69, 9.17) is 0 Å². The molecule has 3 nitrogen and oxygen atoms in total. The molecule has 0 saturated carbocycles. The number of guanidine groups is 1. The maximum atomic E-state index is 4.54. The van der Waals surface area contributed by atoms with Crippen molar-refractivity contribution in [2.75, 3.05) is 19.6 Å². The van der Waals surface area contributed by atoms with Crippen LogP contribution in [0.3, 0.4) is 0 Å². The summed E-state index contributed by atoms with van der Waals surface area (Å²) in [5.41, 5.74) is 0. The van der Waals surface area contributed by atoms with E-state index in [0.717, 1.165) is 32.0 Å². The van der Waals surface area contributed by atoms with Crippen LogP contribution in [-0.2, 0) is 6.42 Å². The van der Waals surface area contributed by atoms with Crippen molar-refractivity contribution in [1.29, 1.82) is 0 Å². The standard InChI is InChI=1S/C13H22BrN3S.HI/c1-4-15-13(17-9-10(2)3)16-8-7-11-5-6-12(14)18-11;/h5-6,10H,4,7-9H2,1-3H3,(H2,15,16,17);1H. The number of aliphatic imine (C=N–C) groups is 1. The first kappa shape index (κ1) is 19.2. The number of rotatable bonds is 6. The first-order chi connectivity index (χ1) is 8.61. The fraction of sp³-hybridized carbons (Fsp3) is 0.615. The van der Waals surface area contributed by atoms with Gasteiger partial charge in [-0.15, -0.1) is 35.3 Å². The molecule has 0 aromatic carbocycles. The van der Waals surface area contributed by atoms with Crippen molar-refractivity contribution in [3.05, 3.63) is 20.8 Å². The topological polar surface area (TPSA) is 36.4 Å². The fourth-order valence-electron chi connectivity index (χ4n) is 1.41. The lowest BCUT2D eigenvalue weighted by Crippen LogP contribution is -2.38. The van der Waals surface area contributed by atoms with Crippen LogP contribution in [0.2, 0.25) is 0 Å². The maximum Gasteiger partial charge on any atom is 0.191 e. The van der Waals surface area contributed by atoms with Crippen molar-refractivity contribution < 1.29 is 0 Å². The van der Waals surface area contributed by atoms with Crippen molar-refractivity contribution in [3.8, 4) is 0 Å². The van der Waals surface area contributed by atoms with E-state index >= 15 is 0 Å². The van der Waals surface area contributed by atoms with Crippen molar-refractivity contribution in [3.63, 3.8) is 0 Å². The second kappa shape index (κ2) is 10.9. The van der Waals surface area contributed by atoms with Crippen molar-refractivity contribution >= 4 is 57.2 Å². The van der Waals surface area contributed by atoms with Gasteiger partial charge in [-0.2, -0.15) is 0 Å². The Hall–Kier alpha value is 0.180. The summed E-state index contributed by atoms with van der Waals surface area (Å²) in [6.07, 6.45) is 1.03. The smallest absolute Gasteiger partial charge is 0.191 e. The van der Waals surface area contributed by atoms with Gasteiger partial charge in [-0.3, -0.25) is 4.99 Å². The highest BCUT2D eigenvalue weighted by atomic mass is 127. The molecule has 0 radical (unpaired) electrons. The minimum absolute atomic E-state index is 0. The second-order valence-corrected chi connectivity index (χ2v) is 7.04. The number of nitrogens with one attached hydrogen (secondary N) is 2. The molecule has 19 heavy (non-hydrogen) atoms. The molecular weight excluding hydrogens is 437 g/mol. The van der Waals surface area contributed by atoms with Crippen molar-refractivity contribution in [2.24, 2.45) is 10.9 Å². The van der Waals surface area contributed by atoms with E-state index < -0.39 is 0 Å². The van der Waals surface area contributed by atoms with Crippen LogP contribution in [0.4, 0.5) is 0 Å². The molecule has 0 aliphatic rings. The third-order valence-electron chi connectivity index (χ3n) is 2.25. The van der Waals surface area contributed by atoms with Gasteiger partial charge in [0.25, 0.3) is 0 Å². The normalized spacial score (nSPS) is 11.3. The van der Waals surface area contributed by atoms with E-state index in [9.17, 15) is 0 Å². The molecule has 1 aromatic rings. The largest absolute Gasteiger partial charge is 0.357 e. The van der Waals surface area contributed by atoms with Crippen LogP contribution in [0.5, 0.6) is 0 Å². The number of nitrogens with zero attached hydrogens (tertiary/aromatic N) is 1. The molecule has 0 bridgehead atoms. The molecule has 110 valence electrons. The highest BCUT2D eigenvalue weighted by Crippen LogP contribution is 2.21. The molecule has 0 fully saturated rings. The summed E-state index contributed by atoms with van der Waals surface area (Å²) >= 11 is 5.27. The molecule has 1 aromatic heterocycles. The summed E-state index contributed by atoms with van der Waals surface area (Å²) in [6.45, 7) is 9.11. The monoisotopic (exact) mass is 459 g/mol. The lowest BCUT2D eigenvalue weighted by molar-refractivity contribution is 0.656. The number of thiophene rings is 1. The van der Waals surface area contributed by atoms with Gasteiger partial charge in [0.05, 0.1) is 3.79 Å². The van der Waals surface area contributed by atoms with Gasteiger partial charge >= 0.3 is 0 Å². The van der Waals surface area contributed by atoms with Gasteiger partial charge in [0.2, 0.25) is 0 Å². The molecule has 0 amide bonds. The number of halogens is 2. The average molecular weight is 460 g/mol. The van der Waals surface area contributed by atoms with Gasteiger partial charge in [0.15, 0.2) is 5.96 Å². The third kappa shape index (κ3) is 8.86. The Labute approximate surface area is 145 Å². The van der Waals surface area contributed by atoms with E-state index in [0.29, 0.717) is 5.92 Å². The summed E-state index contributed by atoms with van der Waals surface area (Å²) in [7, 11) is 0. The zero-order chi connectivity index (χ0) is 13.4. The minimum atomic E-state index is 0. The van der Waals surface area contributed by atoms with Crippen LogP contribution in [0.15, 0.2) is 20.9 Å². The van der Waals surface area contributed by atoms with Crippen LogP contribution < -0.4 is 10.6 Å². The van der Waals surface area contributed by atoms with E-state index in [2.05, 4.69) is 64.5 Å². The van der Waals surface area contributed by atoms with Crippen LogP contribution in [0, 0.1) is 5.92 Å². The predicted molar refractivity (Wildman–Crippen MR) is 100.0 cm³/mol. The zero-order valence-electron chi connectivity index (χ0n) is 11.7. The van der Waals surface area contributed by atoms with Crippen molar-refractivity contribution in [2.45, 2.75) is 27.2 Å². The van der Waals surface area contributed by atoms with E-state index in [1.807, 2.05) is 0 Å². The summed E-state index contributed by atoms with van der Waals surface area (Å²) in [5, 5.41) is 6.63. The van der Waals surface area contributed by atoms with Gasteiger partial charge in [0.1, 0.15) is 0 Å².